The average molecular weight is 339 g/mol. The lowest BCUT2D eigenvalue weighted by atomic mass is 10.2. The summed E-state index contributed by atoms with van der Waals surface area (Å²) in [5.41, 5.74) is 1.50. The summed E-state index contributed by atoms with van der Waals surface area (Å²) in [5, 5.41) is 6.21. The second-order valence-corrected chi connectivity index (χ2v) is 5.31. The SMILES string of the molecule is CCCNc1ncc(Br)c(Nc2cc(C)cc(F)c2)n1. The van der Waals surface area contributed by atoms with Gasteiger partial charge in [0, 0.05) is 18.4 Å². The van der Waals surface area contributed by atoms with Crippen LogP contribution in [-0.2, 0) is 0 Å². The standard InChI is InChI=1S/C14H16BrFN4/c1-3-4-17-14-18-8-12(15)13(20-14)19-11-6-9(2)5-10(16)7-11/h5-8H,3-4H2,1-2H3,(H2,17,18,19,20). The highest BCUT2D eigenvalue weighted by molar-refractivity contribution is 9.10. The van der Waals surface area contributed by atoms with Gasteiger partial charge in [0.25, 0.3) is 0 Å². The van der Waals surface area contributed by atoms with Crippen molar-refractivity contribution in [3.63, 3.8) is 0 Å². The number of nitrogens with one attached hydrogen (secondary N) is 2. The predicted molar refractivity (Wildman–Crippen MR) is 82.9 cm³/mol. The molecule has 0 spiro atoms. The molecular weight excluding hydrogens is 323 g/mol. The maximum atomic E-state index is 13.4. The summed E-state index contributed by atoms with van der Waals surface area (Å²) in [6.45, 7) is 4.72. The number of rotatable bonds is 5. The Labute approximate surface area is 126 Å². The van der Waals surface area contributed by atoms with Gasteiger partial charge >= 0.3 is 0 Å². The first-order valence-electron chi connectivity index (χ1n) is 6.39. The van der Waals surface area contributed by atoms with E-state index in [2.05, 4.69) is 43.5 Å². The zero-order valence-electron chi connectivity index (χ0n) is 11.4. The van der Waals surface area contributed by atoms with Crippen molar-refractivity contribution < 1.29 is 4.39 Å². The lowest BCUT2D eigenvalue weighted by molar-refractivity contribution is 0.627. The van der Waals surface area contributed by atoms with Crippen molar-refractivity contribution in [1.82, 2.24) is 9.97 Å². The van der Waals surface area contributed by atoms with Crippen molar-refractivity contribution in [3.8, 4) is 0 Å². The number of hydrogen-bond donors (Lipinski definition) is 2. The van der Waals surface area contributed by atoms with E-state index in [-0.39, 0.29) is 5.82 Å². The molecular formula is C14H16BrFN4. The Balaban J connectivity index is 2.23. The van der Waals surface area contributed by atoms with Crippen molar-refractivity contribution in [2.24, 2.45) is 0 Å². The van der Waals surface area contributed by atoms with Gasteiger partial charge in [-0.2, -0.15) is 4.98 Å². The molecule has 6 heteroatoms. The molecule has 20 heavy (non-hydrogen) atoms. The molecule has 2 aromatic rings. The molecule has 0 amide bonds. The van der Waals surface area contributed by atoms with E-state index >= 15 is 0 Å². The number of anilines is 3. The van der Waals surface area contributed by atoms with Crippen molar-refractivity contribution in [1.29, 1.82) is 0 Å². The summed E-state index contributed by atoms with van der Waals surface area (Å²) in [4.78, 5) is 8.53. The molecule has 1 heterocycles. The fourth-order valence-electron chi connectivity index (χ4n) is 1.72. The highest BCUT2D eigenvalue weighted by Gasteiger charge is 2.06. The van der Waals surface area contributed by atoms with Gasteiger partial charge < -0.3 is 10.6 Å². The molecule has 2 rings (SSSR count). The maximum Gasteiger partial charge on any atom is 0.224 e. The Morgan fingerprint density at radius 1 is 1.30 bits per heavy atom. The van der Waals surface area contributed by atoms with Crippen LogP contribution in [0.2, 0.25) is 0 Å². The van der Waals surface area contributed by atoms with E-state index in [4.69, 9.17) is 0 Å². The molecule has 0 aliphatic carbocycles. The summed E-state index contributed by atoms with van der Waals surface area (Å²) in [5.74, 6) is 0.872. The molecule has 0 unspecified atom stereocenters. The van der Waals surface area contributed by atoms with Gasteiger partial charge in [0.15, 0.2) is 0 Å². The Morgan fingerprint density at radius 3 is 2.80 bits per heavy atom. The first-order chi connectivity index (χ1) is 9.58. The maximum absolute atomic E-state index is 13.4. The van der Waals surface area contributed by atoms with E-state index in [1.807, 2.05) is 13.0 Å². The highest BCUT2D eigenvalue weighted by Crippen LogP contribution is 2.25. The molecule has 1 aromatic carbocycles. The zero-order valence-corrected chi connectivity index (χ0v) is 13.0. The van der Waals surface area contributed by atoms with Gasteiger partial charge in [-0.3, -0.25) is 0 Å². The summed E-state index contributed by atoms with van der Waals surface area (Å²) >= 11 is 3.38. The Kier molecular flexibility index (Phi) is 4.89. The smallest absolute Gasteiger partial charge is 0.224 e. The Morgan fingerprint density at radius 2 is 2.10 bits per heavy atom. The topological polar surface area (TPSA) is 49.8 Å². The van der Waals surface area contributed by atoms with Gasteiger partial charge in [0.2, 0.25) is 5.95 Å². The third kappa shape index (κ3) is 3.90. The molecule has 0 fully saturated rings. The average Bonchev–Trinajstić information content (AvgIpc) is 2.38. The van der Waals surface area contributed by atoms with Gasteiger partial charge in [0.05, 0.1) is 4.47 Å². The van der Waals surface area contributed by atoms with E-state index in [9.17, 15) is 4.39 Å². The lowest BCUT2D eigenvalue weighted by Gasteiger charge is -2.10. The zero-order chi connectivity index (χ0) is 14.5. The molecule has 0 bridgehead atoms. The molecule has 2 N–H and O–H groups in total. The van der Waals surface area contributed by atoms with Crippen molar-refractivity contribution >= 4 is 33.4 Å². The first kappa shape index (κ1) is 14.7. The van der Waals surface area contributed by atoms with Crippen LogP contribution >= 0.6 is 15.9 Å². The van der Waals surface area contributed by atoms with Crippen LogP contribution in [-0.4, -0.2) is 16.5 Å². The van der Waals surface area contributed by atoms with Crippen LogP contribution in [0, 0.1) is 12.7 Å². The van der Waals surface area contributed by atoms with Gasteiger partial charge in [-0.15, -0.1) is 0 Å². The molecule has 0 saturated heterocycles. The lowest BCUT2D eigenvalue weighted by Crippen LogP contribution is -2.06. The molecule has 1 aromatic heterocycles. The van der Waals surface area contributed by atoms with Crippen LogP contribution in [0.5, 0.6) is 0 Å². The van der Waals surface area contributed by atoms with Gasteiger partial charge in [-0.25, -0.2) is 9.37 Å². The minimum atomic E-state index is -0.276. The summed E-state index contributed by atoms with van der Waals surface area (Å²) < 4.78 is 14.1. The molecule has 0 aliphatic heterocycles. The van der Waals surface area contributed by atoms with E-state index in [0.717, 1.165) is 23.0 Å². The molecule has 0 aliphatic rings. The number of aromatic nitrogens is 2. The van der Waals surface area contributed by atoms with E-state index in [1.54, 1.807) is 6.20 Å². The van der Waals surface area contributed by atoms with Crippen molar-refractivity contribution in [2.45, 2.75) is 20.3 Å². The third-order valence-corrected chi connectivity index (χ3v) is 3.16. The van der Waals surface area contributed by atoms with Gasteiger partial charge in [0.1, 0.15) is 11.6 Å². The summed E-state index contributed by atoms with van der Waals surface area (Å²) in [7, 11) is 0. The highest BCUT2D eigenvalue weighted by atomic mass is 79.9. The van der Waals surface area contributed by atoms with Crippen LogP contribution in [0.1, 0.15) is 18.9 Å². The molecule has 106 valence electrons. The summed E-state index contributed by atoms with van der Waals surface area (Å²) in [6, 6.07) is 4.77. The minimum Gasteiger partial charge on any atom is -0.354 e. The van der Waals surface area contributed by atoms with E-state index < -0.39 is 0 Å². The Hall–Kier alpha value is -1.69. The summed E-state index contributed by atoms with van der Waals surface area (Å²) in [6.07, 6.45) is 2.66. The molecule has 0 atom stereocenters. The van der Waals surface area contributed by atoms with Crippen molar-refractivity contribution in [3.05, 3.63) is 40.2 Å². The normalized spacial score (nSPS) is 10.4. The fourth-order valence-corrected chi connectivity index (χ4v) is 2.01. The van der Waals surface area contributed by atoms with Crippen LogP contribution in [0.25, 0.3) is 0 Å². The second-order valence-electron chi connectivity index (χ2n) is 4.46. The number of nitrogens with zero attached hydrogens (tertiary/aromatic N) is 2. The number of aryl methyl sites for hydroxylation is 1. The van der Waals surface area contributed by atoms with Crippen LogP contribution in [0.15, 0.2) is 28.9 Å². The number of benzene rings is 1. The second kappa shape index (κ2) is 6.65. The molecule has 0 radical (unpaired) electrons. The monoisotopic (exact) mass is 338 g/mol. The molecule has 0 saturated carbocycles. The quantitative estimate of drug-likeness (QED) is 0.855. The largest absolute Gasteiger partial charge is 0.354 e. The van der Waals surface area contributed by atoms with Crippen LogP contribution in [0.3, 0.4) is 0 Å². The van der Waals surface area contributed by atoms with E-state index in [1.165, 1.54) is 12.1 Å². The number of halogens is 2. The van der Waals surface area contributed by atoms with Gasteiger partial charge in [-0.05, 0) is 53.0 Å². The third-order valence-electron chi connectivity index (χ3n) is 2.58. The van der Waals surface area contributed by atoms with Crippen molar-refractivity contribution in [2.75, 3.05) is 17.2 Å². The fraction of sp³-hybridized carbons (Fsp3) is 0.286. The Bertz CT molecular complexity index is 583. The predicted octanol–water partition coefficient (Wildman–Crippen LogP) is 4.25. The van der Waals surface area contributed by atoms with Crippen LogP contribution < -0.4 is 10.6 Å². The van der Waals surface area contributed by atoms with Gasteiger partial charge in [-0.1, -0.05) is 6.92 Å². The first-order valence-corrected chi connectivity index (χ1v) is 7.18. The minimum absolute atomic E-state index is 0.276. The number of hydrogen-bond acceptors (Lipinski definition) is 4. The molecule has 4 nitrogen and oxygen atoms in total. The van der Waals surface area contributed by atoms with Crippen LogP contribution in [0.4, 0.5) is 21.8 Å². The van der Waals surface area contributed by atoms with E-state index in [0.29, 0.717) is 17.5 Å².